The first kappa shape index (κ1) is 22.7. The first-order valence-electron chi connectivity index (χ1n) is 11.5. The number of hydrogen-bond donors (Lipinski definition) is 0. The molecule has 3 aromatic carbocycles. The Bertz CT molecular complexity index is 1450. The summed E-state index contributed by atoms with van der Waals surface area (Å²) in [4.78, 5) is 44.6. The van der Waals surface area contributed by atoms with Gasteiger partial charge in [-0.1, -0.05) is 30.4 Å². The standard InChI is InChI=1S/C28H20BrFN2O4/c1-36-22-13-7-16(14-19(22)29)26(33)25-24-23(21-12-6-15-4-2-3-5-20(15)32(21)25)27(34)31(28(24)35)18-10-8-17(30)9-11-18/h2-14,21,23-25H,1H3/t21-,23+,24-,25+/m1/s1. The summed E-state index contributed by atoms with van der Waals surface area (Å²) < 4.78 is 19.5. The van der Waals surface area contributed by atoms with E-state index in [9.17, 15) is 18.8 Å². The number of rotatable bonds is 4. The first-order valence-corrected chi connectivity index (χ1v) is 12.3. The van der Waals surface area contributed by atoms with Crippen molar-refractivity contribution in [2.75, 3.05) is 16.9 Å². The maximum absolute atomic E-state index is 14.1. The summed E-state index contributed by atoms with van der Waals surface area (Å²) >= 11 is 3.44. The minimum atomic E-state index is -0.895. The lowest BCUT2D eigenvalue weighted by atomic mass is 9.86. The fourth-order valence-electron chi connectivity index (χ4n) is 5.65. The van der Waals surface area contributed by atoms with Crippen molar-refractivity contribution < 1.29 is 23.5 Å². The highest BCUT2D eigenvalue weighted by Gasteiger charge is 2.64. The molecule has 0 N–H and O–H groups in total. The molecule has 3 heterocycles. The number of amides is 2. The van der Waals surface area contributed by atoms with Crippen LogP contribution in [0.3, 0.4) is 0 Å². The van der Waals surface area contributed by atoms with Gasteiger partial charge >= 0.3 is 0 Å². The Morgan fingerprint density at radius 1 is 0.972 bits per heavy atom. The van der Waals surface area contributed by atoms with Crippen molar-refractivity contribution >= 4 is 51.0 Å². The number of imide groups is 1. The number of methoxy groups -OCH3 is 1. The molecule has 6 nitrogen and oxygen atoms in total. The molecule has 4 atom stereocenters. The Hall–Kier alpha value is -3.78. The van der Waals surface area contributed by atoms with Crippen LogP contribution in [0.4, 0.5) is 15.8 Å². The van der Waals surface area contributed by atoms with Crippen LogP contribution in [-0.2, 0) is 9.59 Å². The molecular weight excluding hydrogens is 527 g/mol. The maximum atomic E-state index is 14.1. The molecule has 0 bridgehead atoms. The molecule has 2 fully saturated rings. The molecule has 3 aliphatic rings. The highest BCUT2D eigenvalue weighted by Crippen LogP contribution is 2.50. The van der Waals surface area contributed by atoms with Crippen LogP contribution in [0.25, 0.3) is 6.08 Å². The van der Waals surface area contributed by atoms with Crippen LogP contribution in [0, 0.1) is 17.7 Å². The summed E-state index contributed by atoms with van der Waals surface area (Å²) in [7, 11) is 1.54. The van der Waals surface area contributed by atoms with Gasteiger partial charge in [0, 0.05) is 11.3 Å². The van der Waals surface area contributed by atoms with E-state index >= 15 is 0 Å². The van der Waals surface area contributed by atoms with Crippen molar-refractivity contribution in [3.05, 3.63) is 94.2 Å². The van der Waals surface area contributed by atoms with E-state index < -0.39 is 35.6 Å². The zero-order valence-corrected chi connectivity index (χ0v) is 20.7. The highest BCUT2D eigenvalue weighted by atomic mass is 79.9. The SMILES string of the molecule is COc1ccc(C(=O)[C@@H]2[C@@H]3C(=O)N(c4ccc(F)cc4)C(=O)[C@H]3[C@H]3C=Cc4ccccc4N32)cc1Br. The summed E-state index contributed by atoms with van der Waals surface area (Å²) in [6.07, 6.45) is 3.83. The van der Waals surface area contributed by atoms with E-state index in [4.69, 9.17) is 4.74 Å². The van der Waals surface area contributed by atoms with Crippen molar-refractivity contribution in [2.24, 2.45) is 11.8 Å². The van der Waals surface area contributed by atoms with Crippen molar-refractivity contribution in [2.45, 2.75) is 12.1 Å². The van der Waals surface area contributed by atoms with Crippen LogP contribution in [0.2, 0.25) is 0 Å². The molecule has 3 aliphatic heterocycles. The second kappa shape index (κ2) is 8.41. The van der Waals surface area contributed by atoms with Crippen LogP contribution in [0.1, 0.15) is 15.9 Å². The third-order valence-corrected chi connectivity index (χ3v) is 7.82. The number of Topliss-reactive ketones (excluding diaryl/α,β-unsaturated/α-hetero) is 1. The summed E-state index contributed by atoms with van der Waals surface area (Å²) in [6, 6.07) is 16.5. The fraction of sp³-hybridized carbons (Fsp3) is 0.179. The largest absolute Gasteiger partial charge is 0.496 e. The molecule has 6 rings (SSSR count). The molecular formula is C28H20BrFN2O4. The summed E-state index contributed by atoms with van der Waals surface area (Å²) in [5, 5.41) is 0. The number of ketones is 1. The number of carbonyl (C=O) groups is 3. The maximum Gasteiger partial charge on any atom is 0.240 e. The van der Waals surface area contributed by atoms with Gasteiger partial charge in [0.05, 0.1) is 35.1 Å². The molecule has 3 aromatic rings. The molecule has 180 valence electrons. The van der Waals surface area contributed by atoms with Crippen molar-refractivity contribution in [3.63, 3.8) is 0 Å². The lowest BCUT2D eigenvalue weighted by Gasteiger charge is -2.36. The quantitative estimate of drug-likeness (QED) is 0.345. The minimum absolute atomic E-state index is 0.261. The second-order valence-electron chi connectivity index (χ2n) is 9.01. The Morgan fingerprint density at radius 2 is 1.69 bits per heavy atom. The van der Waals surface area contributed by atoms with Gasteiger partial charge in [0.15, 0.2) is 5.78 Å². The molecule has 0 unspecified atom stereocenters. The molecule has 36 heavy (non-hydrogen) atoms. The Morgan fingerprint density at radius 3 is 2.42 bits per heavy atom. The van der Waals surface area contributed by atoms with Crippen LogP contribution in [0.15, 0.2) is 77.3 Å². The van der Waals surface area contributed by atoms with E-state index in [-0.39, 0.29) is 11.7 Å². The molecule has 0 aromatic heterocycles. The number of nitrogens with zero attached hydrogens (tertiary/aromatic N) is 2. The number of anilines is 2. The van der Waals surface area contributed by atoms with E-state index in [1.807, 2.05) is 41.3 Å². The first-order chi connectivity index (χ1) is 17.4. The van der Waals surface area contributed by atoms with E-state index in [2.05, 4.69) is 15.9 Å². The summed E-state index contributed by atoms with van der Waals surface area (Å²) in [6.45, 7) is 0. The molecule has 0 spiro atoms. The molecule has 2 saturated heterocycles. The van der Waals surface area contributed by atoms with Crippen LogP contribution >= 0.6 is 15.9 Å². The Kier molecular flexibility index (Phi) is 5.30. The lowest BCUT2D eigenvalue weighted by Crippen LogP contribution is -2.48. The molecule has 2 amide bonds. The molecule has 0 aliphatic carbocycles. The third kappa shape index (κ3) is 3.24. The van der Waals surface area contributed by atoms with E-state index in [1.54, 1.807) is 18.2 Å². The predicted molar refractivity (Wildman–Crippen MR) is 136 cm³/mol. The van der Waals surface area contributed by atoms with Crippen molar-refractivity contribution in [1.82, 2.24) is 0 Å². The van der Waals surface area contributed by atoms with Gasteiger partial charge < -0.3 is 9.64 Å². The summed E-state index contributed by atoms with van der Waals surface area (Å²) in [5.74, 6) is -2.63. The van der Waals surface area contributed by atoms with Gasteiger partial charge in [0.2, 0.25) is 11.8 Å². The smallest absolute Gasteiger partial charge is 0.240 e. The third-order valence-electron chi connectivity index (χ3n) is 7.20. The normalized spacial score (nSPS) is 24.0. The zero-order valence-electron chi connectivity index (χ0n) is 19.1. The molecule has 0 radical (unpaired) electrons. The van der Waals surface area contributed by atoms with E-state index in [1.165, 1.54) is 31.4 Å². The fourth-order valence-corrected chi connectivity index (χ4v) is 6.19. The number of hydrogen-bond acceptors (Lipinski definition) is 5. The zero-order chi connectivity index (χ0) is 25.1. The number of halogens is 2. The minimum Gasteiger partial charge on any atom is -0.496 e. The van der Waals surface area contributed by atoms with Gasteiger partial charge in [-0.15, -0.1) is 0 Å². The summed E-state index contributed by atoms with van der Waals surface area (Å²) in [5.41, 5.74) is 2.42. The van der Waals surface area contributed by atoms with Gasteiger partial charge in [0.25, 0.3) is 0 Å². The Balaban J connectivity index is 1.48. The van der Waals surface area contributed by atoms with Gasteiger partial charge in [-0.2, -0.15) is 0 Å². The number of carbonyl (C=O) groups excluding carboxylic acids is 3. The number of para-hydroxylation sites is 1. The average Bonchev–Trinajstić information content (AvgIpc) is 3.37. The number of ether oxygens (including phenoxy) is 1. The van der Waals surface area contributed by atoms with Crippen LogP contribution in [-0.4, -0.2) is 36.8 Å². The highest BCUT2D eigenvalue weighted by molar-refractivity contribution is 9.10. The topological polar surface area (TPSA) is 66.9 Å². The number of fused-ring (bicyclic) bond motifs is 5. The van der Waals surface area contributed by atoms with Crippen molar-refractivity contribution in [3.8, 4) is 5.75 Å². The molecule has 8 heteroatoms. The van der Waals surface area contributed by atoms with E-state index in [0.29, 0.717) is 21.5 Å². The number of benzene rings is 3. The van der Waals surface area contributed by atoms with E-state index in [0.717, 1.165) is 16.2 Å². The van der Waals surface area contributed by atoms with Gasteiger partial charge in [-0.05, 0) is 70.0 Å². The predicted octanol–water partition coefficient (Wildman–Crippen LogP) is 4.87. The lowest BCUT2D eigenvalue weighted by molar-refractivity contribution is -0.122. The second-order valence-corrected chi connectivity index (χ2v) is 9.87. The van der Waals surface area contributed by atoms with Gasteiger partial charge in [0.1, 0.15) is 17.6 Å². The van der Waals surface area contributed by atoms with Gasteiger partial charge in [-0.3, -0.25) is 14.4 Å². The van der Waals surface area contributed by atoms with Gasteiger partial charge in [-0.25, -0.2) is 9.29 Å². The average molecular weight is 547 g/mol. The Labute approximate surface area is 215 Å². The van der Waals surface area contributed by atoms with Crippen LogP contribution in [0.5, 0.6) is 5.75 Å². The monoisotopic (exact) mass is 546 g/mol. The van der Waals surface area contributed by atoms with Crippen molar-refractivity contribution in [1.29, 1.82) is 0 Å². The molecule has 0 saturated carbocycles. The van der Waals surface area contributed by atoms with Crippen LogP contribution < -0.4 is 14.5 Å².